The second kappa shape index (κ2) is 13.9. The Balaban J connectivity index is 0.000000202. The highest BCUT2D eigenvalue weighted by Crippen LogP contribution is 2.38. The Kier molecular flexibility index (Phi) is 10.7. The molecule has 1 aromatic heterocycles. The molecule has 0 saturated carbocycles. The van der Waals surface area contributed by atoms with E-state index in [1.54, 1.807) is 31.3 Å². The van der Waals surface area contributed by atoms with Gasteiger partial charge in [0, 0.05) is 31.5 Å². The van der Waals surface area contributed by atoms with E-state index in [9.17, 15) is 18.4 Å². The van der Waals surface area contributed by atoms with Crippen LogP contribution < -0.4 is 5.46 Å². The van der Waals surface area contributed by atoms with Crippen molar-refractivity contribution in [3.63, 3.8) is 0 Å². The predicted octanol–water partition coefficient (Wildman–Crippen LogP) is 8.08. The Hall–Kier alpha value is -3.12. The third-order valence-corrected chi connectivity index (χ3v) is 9.67. The topological polar surface area (TPSA) is 71.1 Å². The maximum atomic E-state index is 14.4. The fraction of sp³-hybridized carbons (Fsp3) is 0.333. The summed E-state index contributed by atoms with van der Waals surface area (Å²) in [7, 11) is -0.843. The molecule has 0 spiro atoms. The summed E-state index contributed by atoms with van der Waals surface area (Å²) in [6.07, 6.45) is 0. The van der Waals surface area contributed by atoms with E-state index in [0.717, 1.165) is 21.0 Å². The third kappa shape index (κ3) is 7.23. The van der Waals surface area contributed by atoms with E-state index in [1.165, 1.54) is 35.2 Å². The van der Waals surface area contributed by atoms with Crippen molar-refractivity contribution in [1.29, 1.82) is 0 Å². The van der Waals surface area contributed by atoms with E-state index in [4.69, 9.17) is 18.8 Å². The number of carbonyl (C=O) groups is 2. The van der Waals surface area contributed by atoms with Gasteiger partial charge in [-0.25, -0.2) is 18.4 Å². The molecule has 5 rings (SSSR count). The second-order valence-electron chi connectivity index (χ2n) is 11.0. The van der Waals surface area contributed by atoms with Crippen LogP contribution in [0.3, 0.4) is 0 Å². The van der Waals surface area contributed by atoms with Crippen LogP contribution in [0.1, 0.15) is 67.1 Å². The van der Waals surface area contributed by atoms with Crippen molar-refractivity contribution < 1.29 is 37.2 Å². The molecular weight excluding hydrogens is 653 g/mol. The molecule has 0 bridgehead atoms. The summed E-state index contributed by atoms with van der Waals surface area (Å²) in [5.41, 5.74) is 0.931. The Morgan fingerprint density at radius 1 is 0.818 bits per heavy atom. The molecular formula is C33H34BBrF2O6S. The standard InChI is InChI=1S/C18H14BrFO2S.C15H20BFO4/c1-2-22-18(21)12-6-7-16(20)15(9-12)14-5-3-4-11-8-13(10-19)23-17(11)14;1-6-19-13(18)10-7-8-12(17)11(9-10)16-20-14(2,3)15(4,5)21-16/h3-9H,2,10H2,1H3;7-9H,6H2,1-5H3. The molecule has 4 aromatic rings. The van der Waals surface area contributed by atoms with Crippen LogP contribution in [0.4, 0.5) is 8.78 Å². The van der Waals surface area contributed by atoms with Gasteiger partial charge in [-0.1, -0.05) is 34.1 Å². The molecule has 1 fully saturated rings. The quantitative estimate of drug-likeness (QED) is 0.111. The first-order chi connectivity index (χ1) is 20.8. The van der Waals surface area contributed by atoms with Gasteiger partial charge >= 0.3 is 19.1 Å². The maximum Gasteiger partial charge on any atom is 0.497 e. The molecule has 0 atom stereocenters. The first-order valence-electron chi connectivity index (χ1n) is 14.2. The number of ether oxygens (including phenoxy) is 2. The second-order valence-corrected chi connectivity index (χ2v) is 12.7. The Labute approximate surface area is 268 Å². The van der Waals surface area contributed by atoms with Gasteiger partial charge in [0.1, 0.15) is 11.6 Å². The minimum atomic E-state index is -0.843. The van der Waals surface area contributed by atoms with Crippen LogP contribution in [0.5, 0.6) is 0 Å². The fourth-order valence-corrected chi connectivity index (χ4v) is 6.04. The first-order valence-corrected chi connectivity index (χ1v) is 16.1. The summed E-state index contributed by atoms with van der Waals surface area (Å²) in [5.74, 6) is -1.75. The van der Waals surface area contributed by atoms with Crippen LogP contribution in [-0.4, -0.2) is 43.5 Å². The average Bonchev–Trinajstić information content (AvgIpc) is 3.50. The molecule has 0 unspecified atom stereocenters. The summed E-state index contributed by atoms with van der Waals surface area (Å²) in [6.45, 7) is 11.6. The van der Waals surface area contributed by atoms with Crippen LogP contribution in [0.25, 0.3) is 21.2 Å². The molecule has 2 heterocycles. The summed E-state index contributed by atoms with van der Waals surface area (Å²) >= 11 is 5.08. The number of hydrogen-bond acceptors (Lipinski definition) is 7. The maximum absolute atomic E-state index is 14.4. The van der Waals surface area contributed by atoms with Crippen molar-refractivity contribution >= 4 is 61.9 Å². The molecule has 11 heteroatoms. The van der Waals surface area contributed by atoms with Gasteiger partial charge in [-0.3, -0.25) is 0 Å². The summed E-state index contributed by atoms with van der Waals surface area (Å²) < 4.78 is 51.0. The number of esters is 2. The van der Waals surface area contributed by atoms with Gasteiger partial charge in [0.15, 0.2) is 0 Å². The molecule has 1 aliphatic rings. The smallest absolute Gasteiger partial charge is 0.462 e. The molecule has 0 aliphatic carbocycles. The van der Waals surface area contributed by atoms with E-state index in [0.29, 0.717) is 17.7 Å². The third-order valence-electron chi connectivity index (χ3n) is 7.51. The van der Waals surface area contributed by atoms with Crippen molar-refractivity contribution in [2.75, 3.05) is 13.2 Å². The summed E-state index contributed by atoms with van der Waals surface area (Å²) in [6, 6.07) is 16.3. The fourth-order valence-electron chi connectivity index (χ4n) is 4.50. The predicted molar refractivity (Wildman–Crippen MR) is 174 cm³/mol. The molecule has 0 radical (unpaired) electrons. The van der Waals surface area contributed by atoms with E-state index >= 15 is 0 Å². The highest BCUT2D eigenvalue weighted by atomic mass is 79.9. The van der Waals surface area contributed by atoms with Gasteiger partial charge in [0.25, 0.3) is 0 Å². The molecule has 1 saturated heterocycles. The lowest BCUT2D eigenvalue weighted by molar-refractivity contribution is 0.00578. The normalized spacial score (nSPS) is 15.1. The number of hydrogen-bond donors (Lipinski definition) is 0. The monoisotopic (exact) mass is 686 g/mol. The van der Waals surface area contributed by atoms with Crippen molar-refractivity contribution in [3.05, 3.63) is 88.3 Å². The van der Waals surface area contributed by atoms with E-state index < -0.39 is 36.1 Å². The molecule has 0 amide bonds. The zero-order valence-electron chi connectivity index (χ0n) is 25.5. The molecule has 3 aromatic carbocycles. The van der Waals surface area contributed by atoms with E-state index in [2.05, 4.69) is 22.0 Å². The van der Waals surface area contributed by atoms with Gasteiger partial charge in [-0.2, -0.15) is 0 Å². The summed E-state index contributed by atoms with van der Waals surface area (Å²) in [4.78, 5) is 24.8. The number of halogens is 3. The van der Waals surface area contributed by atoms with Crippen molar-refractivity contribution in [3.8, 4) is 11.1 Å². The van der Waals surface area contributed by atoms with Crippen molar-refractivity contribution in [2.45, 2.75) is 58.1 Å². The number of rotatable bonds is 7. The number of alkyl halides is 1. The highest BCUT2D eigenvalue weighted by molar-refractivity contribution is 9.08. The molecule has 44 heavy (non-hydrogen) atoms. The van der Waals surface area contributed by atoms with Crippen molar-refractivity contribution in [1.82, 2.24) is 0 Å². The molecule has 232 valence electrons. The lowest BCUT2D eigenvalue weighted by Gasteiger charge is -2.32. The Morgan fingerprint density at radius 3 is 1.95 bits per heavy atom. The lowest BCUT2D eigenvalue weighted by atomic mass is 9.78. The largest absolute Gasteiger partial charge is 0.497 e. The lowest BCUT2D eigenvalue weighted by Crippen LogP contribution is -2.41. The van der Waals surface area contributed by atoms with Gasteiger partial charge in [0.05, 0.1) is 35.5 Å². The number of fused-ring (bicyclic) bond motifs is 1. The first kappa shape index (κ1) is 33.8. The van der Waals surface area contributed by atoms with E-state index in [1.807, 2.05) is 45.9 Å². The van der Waals surface area contributed by atoms with Crippen LogP contribution >= 0.6 is 27.3 Å². The number of benzene rings is 3. The van der Waals surface area contributed by atoms with Crippen LogP contribution in [-0.2, 0) is 24.1 Å². The Morgan fingerprint density at radius 2 is 1.39 bits per heavy atom. The van der Waals surface area contributed by atoms with Crippen molar-refractivity contribution in [2.24, 2.45) is 0 Å². The zero-order chi connectivity index (χ0) is 32.2. The van der Waals surface area contributed by atoms with Crippen LogP contribution in [0, 0.1) is 11.6 Å². The SMILES string of the molecule is CCOC(=O)c1ccc(F)c(-c2cccc3cc(CBr)sc23)c1.CCOC(=O)c1ccc(F)c(B2OC(C)(C)C(C)(C)O2)c1. The zero-order valence-corrected chi connectivity index (χ0v) is 27.9. The highest BCUT2D eigenvalue weighted by Gasteiger charge is 2.52. The van der Waals surface area contributed by atoms with Crippen LogP contribution in [0.15, 0.2) is 60.7 Å². The average molecular weight is 687 g/mol. The van der Waals surface area contributed by atoms with Gasteiger partial charge < -0.3 is 18.8 Å². The molecule has 1 aliphatic heterocycles. The van der Waals surface area contributed by atoms with Gasteiger partial charge in [-0.15, -0.1) is 11.3 Å². The molecule has 0 N–H and O–H groups in total. The Bertz CT molecular complexity index is 1660. The summed E-state index contributed by atoms with van der Waals surface area (Å²) in [5, 5.41) is 1.83. The minimum Gasteiger partial charge on any atom is -0.462 e. The van der Waals surface area contributed by atoms with Gasteiger partial charge in [0.2, 0.25) is 0 Å². The number of carbonyl (C=O) groups excluding carboxylic acids is 2. The number of thiophene rings is 1. The van der Waals surface area contributed by atoms with Gasteiger partial charge in [-0.05, 0) is 89.4 Å². The minimum absolute atomic E-state index is 0.208. The van der Waals surface area contributed by atoms with E-state index in [-0.39, 0.29) is 23.5 Å². The van der Waals surface area contributed by atoms with Crippen LogP contribution in [0.2, 0.25) is 0 Å². The molecule has 6 nitrogen and oxygen atoms in total.